The predicted molar refractivity (Wildman–Crippen MR) is 147 cm³/mol. The van der Waals surface area contributed by atoms with E-state index in [0.29, 0.717) is 11.4 Å². The van der Waals surface area contributed by atoms with Crippen molar-refractivity contribution in [2.75, 3.05) is 37.7 Å². The number of amides is 3. The fourth-order valence-electron chi connectivity index (χ4n) is 4.52. The quantitative estimate of drug-likeness (QED) is 0.301. The molecule has 1 aromatic heterocycles. The highest BCUT2D eigenvalue weighted by Gasteiger charge is 2.33. The van der Waals surface area contributed by atoms with Gasteiger partial charge >= 0.3 is 12.1 Å². The molecule has 1 unspecified atom stereocenters. The summed E-state index contributed by atoms with van der Waals surface area (Å²) in [5.41, 5.74) is 5.11. The number of aromatic nitrogens is 2. The van der Waals surface area contributed by atoms with Crippen LogP contribution in [0.1, 0.15) is 28.9 Å². The highest BCUT2D eigenvalue weighted by Crippen LogP contribution is 2.32. The molecule has 1 fully saturated rings. The molecule has 4 rings (SSSR count). The monoisotopic (exact) mass is 602 g/mol. The Morgan fingerprint density at radius 3 is 2.28 bits per heavy atom. The second-order valence-corrected chi connectivity index (χ2v) is 9.69. The number of carboxylic acids is 1. The van der Waals surface area contributed by atoms with Crippen LogP contribution >= 0.6 is 0 Å². The second kappa shape index (κ2) is 13.3. The van der Waals surface area contributed by atoms with Crippen LogP contribution in [0.2, 0.25) is 0 Å². The highest BCUT2D eigenvalue weighted by atomic mass is 19.4. The largest absolute Gasteiger partial charge is 0.481 e. The first-order chi connectivity index (χ1) is 20.4. The summed E-state index contributed by atoms with van der Waals surface area (Å²) >= 11 is 0. The first-order valence-electron chi connectivity index (χ1n) is 13.2. The van der Waals surface area contributed by atoms with Crippen molar-refractivity contribution in [2.45, 2.75) is 25.1 Å². The highest BCUT2D eigenvalue weighted by molar-refractivity contribution is 5.96. The lowest BCUT2D eigenvalue weighted by Gasteiger charge is -2.37. The van der Waals surface area contributed by atoms with Gasteiger partial charge in [-0.3, -0.25) is 19.2 Å². The van der Waals surface area contributed by atoms with Crippen LogP contribution in [0.3, 0.4) is 0 Å². The molecule has 1 aliphatic heterocycles. The van der Waals surface area contributed by atoms with E-state index >= 15 is 0 Å². The van der Waals surface area contributed by atoms with Crippen molar-refractivity contribution in [3.8, 4) is 11.6 Å². The Morgan fingerprint density at radius 1 is 0.977 bits per heavy atom. The van der Waals surface area contributed by atoms with Crippen LogP contribution in [0.25, 0.3) is 5.69 Å². The number of para-hydroxylation sites is 1. The number of nitrogens with zero attached hydrogens (tertiary/aromatic N) is 4. The number of carbonyl (C=O) groups excluding carboxylic acids is 3. The first kappa shape index (κ1) is 30.9. The second-order valence-electron chi connectivity index (χ2n) is 9.69. The van der Waals surface area contributed by atoms with Crippen LogP contribution in [0, 0.1) is 0 Å². The third-order valence-electron chi connectivity index (χ3n) is 6.65. The number of aliphatic carboxylic acids is 1. The summed E-state index contributed by atoms with van der Waals surface area (Å²) in [6.07, 6.45) is -5.11. The number of halogens is 3. The number of rotatable bonds is 11. The molecule has 0 spiro atoms. The van der Waals surface area contributed by atoms with E-state index < -0.39 is 54.5 Å². The van der Waals surface area contributed by atoms with Crippen molar-refractivity contribution in [1.29, 1.82) is 0 Å². The smallest absolute Gasteiger partial charge is 0.416 e. The Hall–Kier alpha value is -5.08. The van der Waals surface area contributed by atoms with Gasteiger partial charge in [-0.1, -0.05) is 24.3 Å². The van der Waals surface area contributed by atoms with Crippen molar-refractivity contribution in [3.05, 3.63) is 71.9 Å². The van der Waals surface area contributed by atoms with Crippen molar-refractivity contribution in [3.63, 3.8) is 0 Å². The van der Waals surface area contributed by atoms with E-state index in [-0.39, 0.29) is 44.2 Å². The van der Waals surface area contributed by atoms with Crippen molar-refractivity contribution < 1.29 is 42.2 Å². The molecular formula is C28H29F3N6O6. The van der Waals surface area contributed by atoms with Gasteiger partial charge in [-0.25, -0.2) is 4.68 Å². The maximum atomic E-state index is 13.4. The molecule has 2 aromatic carbocycles. The number of carboxylic acid groups (broad SMARTS) is 1. The molecule has 0 saturated carbocycles. The van der Waals surface area contributed by atoms with Crippen molar-refractivity contribution in [2.24, 2.45) is 5.73 Å². The molecule has 43 heavy (non-hydrogen) atoms. The van der Waals surface area contributed by atoms with Crippen LogP contribution in [0.4, 0.5) is 18.9 Å². The minimum absolute atomic E-state index is 0.0364. The lowest BCUT2D eigenvalue weighted by Crippen LogP contribution is -2.55. The zero-order valence-electron chi connectivity index (χ0n) is 22.8. The van der Waals surface area contributed by atoms with Gasteiger partial charge in [-0.05, 0) is 36.8 Å². The van der Waals surface area contributed by atoms with E-state index in [1.807, 2.05) is 0 Å². The van der Waals surface area contributed by atoms with E-state index in [1.165, 1.54) is 21.7 Å². The fraction of sp³-hybridized carbons (Fsp3) is 0.321. The van der Waals surface area contributed by atoms with E-state index in [4.69, 9.17) is 10.5 Å². The number of hydrogen-bond donors (Lipinski definition) is 3. The minimum Gasteiger partial charge on any atom is -0.481 e. The van der Waals surface area contributed by atoms with Crippen LogP contribution in [-0.2, 0) is 20.6 Å². The van der Waals surface area contributed by atoms with E-state index in [2.05, 4.69) is 10.4 Å². The van der Waals surface area contributed by atoms with Gasteiger partial charge in [0.2, 0.25) is 11.8 Å². The standard InChI is InChI=1S/C28H29F3N6O6/c29-28(30,31)18-5-4-8-20(15-18)35-11-13-36(14-12-35)27(42)21(9-10-25(39)40)33-26(41)22-16-24(43-17-23(32)38)37(34-22)19-6-2-1-3-7-19/h1-8,15-16,21H,9-14,17H2,(H2,32,38)(H,33,41)(H,39,40). The van der Waals surface area contributed by atoms with Gasteiger partial charge in [0.25, 0.3) is 11.8 Å². The van der Waals surface area contributed by atoms with Crippen LogP contribution < -0.4 is 20.7 Å². The Labute approximate surface area is 243 Å². The Balaban J connectivity index is 1.48. The van der Waals surface area contributed by atoms with Gasteiger partial charge in [-0.2, -0.15) is 18.3 Å². The third-order valence-corrected chi connectivity index (χ3v) is 6.65. The maximum absolute atomic E-state index is 13.4. The summed E-state index contributed by atoms with van der Waals surface area (Å²) in [7, 11) is 0. The minimum atomic E-state index is -4.49. The number of nitrogens with one attached hydrogen (secondary N) is 1. The molecule has 0 bridgehead atoms. The molecule has 4 N–H and O–H groups in total. The number of piperazine rings is 1. The molecule has 0 aliphatic carbocycles. The lowest BCUT2D eigenvalue weighted by molar-refractivity contribution is -0.138. The van der Waals surface area contributed by atoms with Gasteiger partial charge in [0.1, 0.15) is 6.04 Å². The number of nitrogens with two attached hydrogens (primary N) is 1. The molecular weight excluding hydrogens is 573 g/mol. The number of benzene rings is 2. The maximum Gasteiger partial charge on any atom is 0.416 e. The molecule has 2 heterocycles. The van der Waals surface area contributed by atoms with Crippen LogP contribution in [-0.4, -0.2) is 82.3 Å². The van der Waals surface area contributed by atoms with E-state index in [0.717, 1.165) is 12.1 Å². The van der Waals surface area contributed by atoms with Gasteiger partial charge < -0.3 is 30.7 Å². The van der Waals surface area contributed by atoms with Crippen LogP contribution in [0.15, 0.2) is 60.7 Å². The Bertz CT molecular complexity index is 1470. The predicted octanol–water partition coefficient (Wildman–Crippen LogP) is 2.07. The molecule has 15 heteroatoms. The van der Waals surface area contributed by atoms with Crippen molar-refractivity contribution >= 4 is 29.4 Å². The number of primary amides is 1. The van der Waals surface area contributed by atoms with Crippen LogP contribution in [0.5, 0.6) is 5.88 Å². The SMILES string of the molecule is NC(=O)COc1cc(C(=O)NC(CCC(=O)O)C(=O)N2CCN(c3cccc(C(F)(F)F)c3)CC2)nn1-c1ccccc1. The summed E-state index contributed by atoms with van der Waals surface area (Å²) in [6.45, 7) is 0.264. The molecule has 228 valence electrons. The lowest BCUT2D eigenvalue weighted by atomic mass is 10.1. The molecule has 1 saturated heterocycles. The number of hydrogen-bond acceptors (Lipinski definition) is 7. The first-order valence-corrected chi connectivity index (χ1v) is 13.2. The van der Waals surface area contributed by atoms with Gasteiger partial charge in [-0.15, -0.1) is 0 Å². The number of ether oxygens (including phenoxy) is 1. The summed E-state index contributed by atoms with van der Waals surface area (Å²) < 4.78 is 46.1. The average Bonchev–Trinajstić information content (AvgIpc) is 3.42. The number of alkyl halides is 3. The summed E-state index contributed by atoms with van der Waals surface area (Å²) in [5, 5.41) is 16.0. The number of anilines is 1. The molecule has 3 amide bonds. The number of carbonyl (C=O) groups is 4. The van der Waals surface area contributed by atoms with Gasteiger partial charge in [0.15, 0.2) is 12.3 Å². The molecule has 0 radical (unpaired) electrons. The fourth-order valence-corrected chi connectivity index (χ4v) is 4.52. The third kappa shape index (κ3) is 8.02. The van der Waals surface area contributed by atoms with Gasteiger partial charge in [0, 0.05) is 44.4 Å². The Kier molecular flexibility index (Phi) is 9.52. The van der Waals surface area contributed by atoms with Crippen molar-refractivity contribution in [1.82, 2.24) is 20.0 Å². The Morgan fingerprint density at radius 2 is 1.65 bits per heavy atom. The van der Waals surface area contributed by atoms with E-state index in [9.17, 15) is 37.5 Å². The zero-order valence-corrected chi connectivity index (χ0v) is 22.8. The average molecular weight is 603 g/mol. The molecule has 1 aliphatic rings. The summed E-state index contributed by atoms with van der Waals surface area (Å²) in [4.78, 5) is 52.4. The molecule has 1 atom stereocenters. The molecule has 3 aromatic rings. The topological polar surface area (TPSA) is 160 Å². The summed E-state index contributed by atoms with van der Waals surface area (Å²) in [5.74, 6) is -3.21. The van der Waals surface area contributed by atoms with Gasteiger partial charge in [0.05, 0.1) is 11.3 Å². The summed E-state index contributed by atoms with van der Waals surface area (Å²) in [6, 6.07) is 13.5. The molecule has 12 nitrogen and oxygen atoms in total. The normalized spacial score (nSPS) is 14.2. The van der Waals surface area contributed by atoms with E-state index in [1.54, 1.807) is 41.3 Å². The zero-order chi connectivity index (χ0) is 31.1.